The van der Waals surface area contributed by atoms with Crippen LogP contribution >= 0.6 is 27.5 Å². The number of aliphatic imine (C=N–C) groups is 1. The number of hydrogen-bond acceptors (Lipinski definition) is 1. The number of benzene rings is 1. The molecule has 0 fully saturated rings. The van der Waals surface area contributed by atoms with Crippen molar-refractivity contribution in [2.75, 3.05) is 5.88 Å². The van der Waals surface area contributed by atoms with Crippen molar-refractivity contribution in [1.29, 1.82) is 0 Å². The fraction of sp³-hybridized carbons (Fsp3) is 0.300. The lowest BCUT2D eigenvalue weighted by Crippen LogP contribution is -2.12. The molecule has 4 heteroatoms. The number of alkyl halides is 1. The van der Waals surface area contributed by atoms with E-state index in [1.165, 1.54) is 0 Å². The first-order chi connectivity index (χ1) is 6.54. The summed E-state index contributed by atoms with van der Waals surface area (Å²) in [5, 5.41) is 0. The lowest BCUT2D eigenvalue weighted by molar-refractivity contribution is 1.30. The highest BCUT2D eigenvalue weighted by Crippen LogP contribution is 2.27. The van der Waals surface area contributed by atoms with Gasteiger partial charge < -0.3 is 5.73 Å². The van der Waals surface area contributed by atoms with E-state index in [1.54, 1.807) is 0 Å². The molecule has 1 aromatic rings. The summed E-state index contributed by atoms with van der Waals surface area (Å²) in [5.74, 6) is 0.703. The van der Waals surface area contributed by atoms with Gasteiger partial charge in [-0.2, -0.15) is 0 Å². The van der Waals surface area contributed by atoms with Crippen LogP contribution in [0.3, 0.4) is 0 Å². The van der Waals surface area contributed by atoms with Crippen molar-refractivity contribution < 1.29 is 0 Å². The molecule has 0 saturated carbocycles. The molecule has 14 heavy (non-hydrogen) atoms. The van der Waals surface area contributed by atoms with Gasteiger partial charge >= 0.3 is 0 Å². The Morgan fingerprint density at radius 2 is 1.93 bits per heavy atom. The number of aryl methyl sites for hydroxylation is 2. The van der Waals surface area contributed by atoms with Crippen molar-refractivity contribution in [2.24, 2.45) is 10.7 Å². The monoisotopic (exact) mass is 274 g/mol. The zero-order valence-corrected chi connectivity index (χ0v) is 10.5. The Morgan fingerprint density at radius 1 is 1.43 bits per heavy atom. The number of hydrogen-bond donors (Lipinski definition) is 1. The topological polar surface area (TPSA) is 38.4 Å². The van der Waals surface area contributed by atoms with Crippen LogP contribution < -0.4 is 5.73 Å². The summed E-state index contributed by atoms with van der Waals surface area (Å²) < 4.78 is 1.05. The fourth-order valence-corrected chi connectivity index (χ4v) is 2.00. The van der Waals surface area contributed by atoms with Gasteiger partial charge in [0.2, 0.25) is 0 Å². The molecule has 0 aromatic heterocycles. The van der Waals surface area contributed by atoms with E-state index in [-0.39, 0.29) is 5.88 Å². The number of amidine groups is 1. The van der Waals surface area contributed by atoms with E-state index in [1.807, 2.05) is 26.0 Å². The molecule has 0 saturated heterocycles. The van der Waals surface area contributed by atoms with Crippen LogP contribution in [0.4, 0.5) is 5.69 Å². The zero-order chi connectivity index (χ0) is 10.7. The van der Waals surface area contributed by atoms with Gasteiger partial charge in [0, 0.05) is 4.47 Å². The highest BCUT2D eigenvalue weighted by atomic mass is 79.9. The van der Waals surface area contributed by atoms with Crippen molar-refractivity contribution in [1.82, 2.24) is 0 Å². The Hall–Kier alpha value is -0.540. The highest BCUT2D eigenvalue weighted by Gasteiger charge is 2.03. The van der Waals surface area contributed by atoms with Gasteiger partial charge in [-0.05, 0) is 37.1 Å². The molecule has 0 atom stereocenters. The van der Waals surface area contributed by atoms with Crippen molar-refractivity contribution >= 4 is 39.1 Å². The fourth-order valence-electron chi connectivity index (χ4n) is 1.25. The van der Waals surface area contributed by atoms with E-state index in [9.17, 15) is 0 Å². The lowest BCUT2D eigenvalue weighted by atomic mass is 10.1. The Morgan fingerprint density at radius 3 is 2.36 bits per heavy atom. The van der Waals surface area contributed by atoms with Crippen LogP contribution in [0.15, 0.2) is 21.6 Å². The smallest absolute Gasteiger partial charge is 0.115 e. The maximum absolute atomic E-state index is 5.59. The second kappa shape index (κ2) is 4.80. The molecule has 0 spiro atoms. The van der Waals surface area contributed by atoms with Crippen molar-refractivity contribution in [3.8, 4) is 0 Å². The minimum Gasteiger partial charge on any atom is -0.386 e. The van der Waals surface area contributed by atoms with Crippen LogP contribution in [0.2, 0.25) is 0 Å². The molecular weight excluding hydrogens is 263 g/mol. The summed E-state index contributed by atoms with van der Waals surface area (Å²) in [7, 11) is 0. The largest absolute Gasteiger partial charge is 0.386 e. The molecule has 2 N–H and O–H groups in total. The number of rotatable bonds is 2. The summed E-state index contributed by atoms with van der Waals surface area (Å²) in [6, 6.07) is 4.01. The van der Waals surface area contributed by atoms with E-state index in [0.717, 1.165) is 21.3 Å². The third-order valence-electron chi connectivity index (χ3n) is 1.85. The maximum Gasteiger partial charge on any atom is 0.115 e. The molecule has 0 aliphatic rings. The average molecular weight is 276 g/mol. The van der Waals surface area contributed by atoms with Gasteiger partial charge in [-0.25, -0.2) is 4.99 Å². The van der Waals surface area contributed by atoms with Gasteiger partial charge in [-0.15, -0.1) is 11.6 Å². The van der Waals surface area contributed by atoms with Gasteiger partial charge in [-0.3, -0.25) is 0 Å². The second-order valence-corrected chi connectivity index (χ2v) is 4.31. The normalized spacial score (nSPS) is 11.9. The standard InChI is InChI=1S/C10H12BrClN2/c1-6-3-8(11)4-7(2)10(6)14-9(13)5-12/h3-4H,5H2,1-2H3,(H2,13,14). The molecular formula is C10H12BrClN2. The SMILES string of the molecule is Cc1cc(Br)cc(C)c1N=C(N)CCl. The molecule has 0 unspecified atom stereocenters. The third-order valence-corrected chi connectivity index (χ3v) is 2.58. The van der Waals surface area contributed by atoms with Crippen LogP contribution in [-0.2, 0) is 0 Å². The summed E-state index contributed by atoms with van der Waals surface area (Å²) in [5.41, 5.74) is 8.67. The summed E-state index contributed by atoms with van der Waals surface area (Å²) in [6.07, 6.45) is 0. The van der Waals surface area contributed by atoms with Gasteiger partial charge in [0.05, 0.1) is 11.6 Å². The molecule has 0 aliphatic carbocycles. The predicted octanol–water partition coefficient (Wildman–Crippen LogP) is 3.29. The quantitative estimate of drug-likeness (QED) is 0.502. The van der Waals surface area contributed by atoms with Gasteiger partial charge in [0.1, 0.15) is 5.84 Å². The zero-order valence-electron chi connectivity index (χ0n) is 8.14. The molecule has 0 amide bonds. The Labute approximate surface area is 97.3 Å². The first-order valence-corrected chi connectivity index (χ1v) is 5.53. The maximum atomic E-state index is 5.59. The molecule has 0 radical (unpaired) electrons. The van der Waals surface area contributed by atoms with Gasteiger partial charge in [0.25, 0.3) is 0 Å². The highest BCUT2D eigenvalue weighted by molar-refractivity contribution is 9.10. The van der Waals surface area contributed by atoms with Crippen LogP contribution in [0, 0.1) is 13.8 Å². The lowest BCUT2D eigenvalue weighted by Gasteiger charge is -2.06. The number of nitrogens with zero attached hydrogens (tertiary/aromatic N) is 1. The van der Waals surface area contributed by atoms with E-state index in [4.69, 9.17) is 17.3 Å². The average Bonchev–Trinajstić information content (AvgIpc) is 2.10. The van der Waals surface area contributed by atoms with E-state index in [0.29, 0.717) is 5.84 Å². The minimum atomic E-state index is 0.259. The molecule has 1 aromatic carbocycles. The van der Waals surface area contributed by atoms with Crippen LogP contribution in [0.25, 0.3) is 0 Å². The minimum absolute atomic E-state index is 0.259. The van der Waals surface area contributed by atoms with Crippen molar-refractivity contribution in [2.45, 2.75) is 13.8 Å². The number of halogens is 2. The van der Waals surface area contributed by atoms with Crippen molar-refractivity contribution in [3.05, 3.63) is 27.7 Å². The Bertz CT molecular complexity index is 351. The third kappa shape index (κ3) is 2.72. The van der Waals surface area contributed by atoms with Crippen LogP contribution in [0.1, 0.15) is 11.1 Å². The molecule has 2 nitrogen and oxygen atoms in total. The van der Waals surface area contributed by atoms with E-state index >= 15 is 0 Å². The molecule has 0 bridgehead atoms. The summed E-state index contributed by atoms with van der Waals surface area (Å²) >= 11 is 9.00. The molecule has 1 rings (SSSR count). The Kier molecular flexibility index (Phi) is 3.96. The van der Waals surface area contributed by atoms with E-state index < -0.39 is 0 Å². The molecule has 0 heterocycles. The Balaban J connectivity index is 3.21. The van der Waals surface area contributed by atoms with Gasteiger partial charge in [0.15, 0.2) is 0 Å². The number of nitrogens with two attached hydrogens (primary N) is 1. The predicted molar refractivity (Wildman–Crippen MR) is 65.6 cm³/mol. The van der Waals surface area contributed by atoms with Crippen LogP contribution in [-0.4, -0.2) is 11.7 Å². The first-order valence-electron chi connectivity index (χ1n) is 4.20. The van der Waals surface area contributed by atoms with Gasteiger partial charge in [-0.1, -0.05) is 15.9 Å². The molecule has 76 valence electrons. The molecule has 0 aliphatic heterocycles. The van der Waals surface area contributed by atoms with Crippen LogP contribution in [0.5, 0.6) is 0 Å². The summed E-state index contributed by atoms with van der Waals surface area (Å²) in [4.78, 5) is 4.26. The summed E-state index contributed by atoms with van der Waals surface area (Å²) in [6.45, 7) is 4.00. The van der Waals surface area contributed by atoms with E-state index in [2.05, 4.69) is 20.9 Å². The van der Waals surface area contributed by atoms with Crippen molar-refractivity contribution in [3.63, 3.8) is 0 Å². The first kappa shape index (κ1) is 11.5. The second-order valence-electron chi connectivity index (χ2n) is 3.12.